The highest BCUT2D eigenvalue weighted by molar-refractivity contribution is 4.99. The van der Waals surface area contributed by atoms with Crippen molar-refractivity contribution in [1.29, 1.82) is 0 Å². The third-order valence-electron chi connectivity index (χ3n) is 1.75. The number of rotatable bonds is 6. The molecule has 0 saturated heterocycles. The van der Waals surface area contributed by atoms with Gasteiger partial charge < -0.3 is 5.32 Å². The van der Waals surface area contributed by atoms with Crippen LogP contribution in [0.5, 0.6) is 0 Å². The van der Waals surface area contributed by atoms with Gasteiger partial charge in [0.2, 0.25) is 0 Å². The molecule has 0 aromatic rings. The molecular weight excluding hydrogens is 134 g/mol. The van der Waals surface area contributed by atoms with Crippen LogP contribution in [0.25, 0.3) is 0 Å². The lowest BCUT2D eigenvalue weighted by atomic mass is 10.2. The van der Waals surface area contributed by atoms with Crippen molar-refractivity contribution in [3.8, 4) is 0 Å². The molecule has 0 aromatic carbocycles. The van der Waals surface area contributed by atoms with Crippen molar-refractivity contribution < 1.29 is 0 Å². The summed E-state index contributed by atoms with van der Waals surface area (Å²) in [5.41, 5.74) is 2.52. The molecule has 11 heavy (non-hydrogen) atoms. The molecule has 1 heteroatoms. The van der Waals surface area contributed by atoms with Gasteiger partial charge in [0.05, 0.1) is 0 Å². The minimum Gasteiger partial charge on any atom is -0.309 e. The van der Waals surface area contributed by atoms with E-state index < -0.39 is 0 Å². The van der Waals surface area contributed by atoms with Gasteiger partial charge in [0, 0.05) is 13.1 Å². The van der Waals surface area contributed by atoms with Crippen LogP contribution in [0.3, 0.4) is 0 Å². The third kappa shape index (κ3) is 5.86. The monoisotopic (exact) mass is 153 g/mol. The van der Waals surface area contributed by atoms with E-state index >= 15 is 0 Å². The van der Waals surface area contributed by atoms with E-state index in [1.165, 1.54) is 11.1 Å². The maximum absolute atomic E-state index is 3.90. The number of hydrogen-bond acceptors (Lipinski definition) is 1. The molecule has 0 fully saturated rings. The summed E-state index contributed by atoms with van der Waals surface area (Å²) in [6, 6.07) is 0. The zero-order valence-corrected chi connectivity index (χ0v) is 7.74. The average molecular weight is 153 g/mol. The van der Waals surface area contributed by atoms with Crippen LogP contribution in [0.4, 0.5) is 0 Å². The molecule has 0 atom stereocenters. The van der Waals surface area contributed by atoms with E-state index in [9.17, 15) is 0 Å². The lowest BCUT2D eigenvalue weighted by molar-refractivity contribution is 0.759. The van der Waals surface area contributed by atoms with Crippen LogP contribution < -0.4 is 5.32 Å². The van der Waals surface area contributed by atoms with Gasteiger partial charge in [-0.05, 0) is 12.8 Å². The molecule has 0 spiro atoms. The molecular formula is C10H19N. The predicted molar refractivity (Wildman–Crippen MR) is 51.7 cm³/mol. The van der Waals surface area contributed by atoms with Crippen LogP contribution in [0.15, 0.2) is 24.3 Å². The summed E-state index contributed by atoms with van der Waals surface area (Å²) >= 11 is 0. The van der Waals surface area contributed by atoms with Crippen molar-refractivity contribution >= 4 is 0 Å². The lowest BCUT2D eigenvalue weighted by Gasteiger charge is -2.05. The van der Waals surface area contributed by atoms with Crippen molar-refractivity contribution in [3.63, 3.8) is 0 Å². The molecule has 0 aromatic heterocycles. The Hall–Kier alpha value is -0.560. The topological polar surface area (TPSA) is 12.0 Å². The van der Waals surface area contributed by atoms with E-state index in [1.54, 1.807) is 0 Å². The highest BCUT2D eigenvalue weighted by Crippen LogP contribution is 1.96. The Morgan fingerprint density at radius 3 is 1.64 bits per heavy atom. The molecule has 0 aliphatic rings. The van der Waals surface area contributed by atoms with E-state index in [4.69, 9.17) is 0 Å². The Morgan fingerprint density at radius 1 is 1.00 bits per heavy atom. The molecule has 0 heterocycles. The molecule has 1 N–H and O–H groups in total. The van der Waals surface area contributed by atoms with Crippen LogP contribution in [0.1, 0.15) is 26.7 Å². The smallest absolute Gasteiger partial charge is 0.0164 e. The van der Waals surface area contributed by atoms with E-state index in [0.717, 1.165) is 25.9 Å². The Labute approximate surface area is 70.2 Å². The van der Waals surface area contributed by atoms with Gasteiger partial charge in [-0.2, -0.15) is 0 Å². The summed E-state index contributed by atoms with van der Waals surface area (Å²) in [4.78, 5) is 0. The Morgan fingerprint density at radius 2 is 1.36 bits per heavy atom. The van der Waals surface area contributed by atoms with E-state index in [-0.39, 0.29) is 0 Å². The standard InChI is InChI=1S/C10H19N/c1-5-9(3)7-11-8-10(4)6-2/h11H,3-8H2,1-2H3. The lowest BCUT2D eigenvalue weighted by Crippen LogP contribution is -2.18. The summed E-state index contributed by atoms with van der Waals surface area (Å²) < 4.78 is 0. The van der Waals surface area contributed by atoms with Gasteiger partial charge in [-0.25, -0.2) is 0 Å². The van der Waals surface area contributed by atoms with Crippen molar-refractivity contribution in [1.82, 2.24) is 5.32 Å². The fourth-order valence-corrected chi connectivity index (χ4v) is 0.666. The average Bonchev–Trinajstić information content (AvgIpc) is 2.04. The van der Waals surface area contributed by atoms with E-state index in [0.29, 0.717) is 0 Å². The molecule has 0 unspecified atom stereocenters. The molecule has 0 rings (SSSR count). The minimum absolute atomic E-state index is 0.926. The summed E-state index contributed by atoms with van der Waals surface area (Å²) in [5.74, 6) is 0. The molecule has 0 amide bonds. The van der Waals surface area contributed by atoms with Crippen molar-refractivity contribution in [2.24, 2.45) is 0 Å². The summed E-state index contributed by atoms with van der Waals surface area (Å²) in [5, 5.41) is 3.29. The Kier molecular flexibility index (Phi) is 5.86. The van der Waals surface area contributed by atoms with Crippen LogP contribution in [-0.4, -0.2) is 13.1 Å². The quantitative estimate of drug-likeness (QED) is 0.578. The normalized spacial score (nSPS) is 9.64. The zero-order valence-electron chi connectivity index (χ0n) is 7.74. The highest BCUT2D eigenvalue weighted by Gasteiger charge is 1.91. The molecule has 0 saturated carbocycles. The van der Waals surface area contributed by atoms with Gasteiger partial charge in [0.15, 0.2) is 0 Å². The fourth-order valence-electron chi connectivity index (χ4n) is 0.666. The number of nitrogens with one attached hydrogen (secondary N) is 1. The third-order valence-corrected chi connectivity index (χ3v) is 1.75. The van der Waals surface area contributed by atoms with Crippen LogP contribution in [-0.2, 0) is 0 Å². The predicted octanol–water partition coefficient (Wildman–Crippen LogP) is 2.51. The Balaban J connectivity index is 3.27. The number of hydrogen-bond donors (Lipinski definition) is 1. The highest BCUT2D eigenvalue weighted by atomic mass is 14.8. The summed E-state index contributed by atoms with van der Waals surface area (Å²) in [7, 11) is 0. The van der Waals surface area contributed by atoms with Gasteiger partial charge in [-0.3, -0.25) is 0 Å². The Bertz CT molecular complexity index is 120. The largest absolute Gasteiger partial charge is 0.309 e. The van der Waals surface area contributed by atoms with Gasteiger partial charge in [-0.15, -0.1) is 0 Å². The second-order valence-corrected chi connectivity index (χ2v) is 2.81. The maximum Gasteiger partial charge on any atom is 0.0164 e. The zero-order chi connectivity index (χ0) is 8.69. The second-order valence-electron chi connectivity index (χ2n) is 2.81. The van der Waals surface area contributed by atoms with Crippen molar-refractivity contribution in [2.45, 2.75) is 26.7 Å². The molecule has 1 nitrogen and oxygen atoms in total. The molecule has 0 bridgehead atoms. The van der Waals surface area contributed by atoms with Crippen LogP contribution in [0.2, 0.25) is 0 Å². The fraction of sp³-hybridized carbons (Fsp3) is 0.600. The van der Waals surface area contributed by atoms with E-state index in [1.807, 2.05) is 0 Å². The molecule has 64 valence electrons. The minimum atomic E-state index is 0.926. The second kappa shape index (κ2) is 6.17. The first-order valence-electron chi connectivity index (χ1n) is 4.24. The van der Waals surface area contributed by atoms with Crippen LogP contribution in [0, 0.1) is 0 Å². The van der Waals surface area contributed by atoms with Gasteiger partial charge in [0.1, 0.15) is 0 Å². The first kappa shape index (κ1) is 10.4. The first-order valence-corrected chi connectivity index (χ1v) is 4.24. The molecule has 0 aliphatic heterocycles. The maximum atomic E-state index is 3.90. The van der Waals surface area contributed by atoms with Crippen molar-refractivity contribution in [2.75, 3.05) is 13.1 Å². The van der Waals surface area contributed by atoms with E-state index in [2.05, 4.69) is 32.3 Å². The van der Waals surface area contributed by atoms with Gasteiger partial charge >= 0.3 is 0 Å². The van der Waals surface area contributed by atoms with Gasteiger partial charge in [0.25, 0.3) is 0 Å². The van der Waals surface area contributed by atoms with Crippen molar-refractivity contribution in [3.05, 3.63) is 24.3 Å². The first-order chi connectivity index (χ1) is 5.20. The SMILES string of the molecule is C=C(CC)CNCC(=C)CC. The van der Waals surface area contributed by atoms with Gasteiger partial charge in [-0.1, -0.05) is 38.2 Å². The summed E-state index contributed by atoms with van der Waals surface area (Å²) in [6.07, 6.45) is 2.12. The summed E-state index contributed by atoms with van der Waals surface area (Å²) in [6.45, 7) is 13.9. The molecule has 0 aliphatic carbocycles. The molecule has 0 radical (unpaired) electrons. The van der Waals surface area contributed by atoms with Crippen LogP contribution >= 0.6 is 0 Å².